The van der Waals surface area contributed by atoms with Gasteiger partial charge in [0.1, 0.15) is 0 Å². The molecule has 0 aromatic carbocycles. The van der Waals surface area contributed by atoms with Crippen LogP contribution in [0, 0.1) is 5.92 Å². The molecule has 3 atom stereocenters. The highest BCUT2D eigenvalue weighted by Gasteiger charge is 2.38. The molecule has 1 aromatic heterocycles. The molecule has 0 radical (unpaired) electrons. The third-order valence-corrected chi connectivity index (χ3v) is 5.51. The molecule has 0 aliphatic heterocycles. The lowest BCUT2D eigenvalue weighted by Crippen LogP contribution is -2.47. The van der Waals surface area contributed by atoms with Crippen LogP contribution in [-0.2, 0) is 11.2 Å². The van der Waals surface area contributed by atoms with Gasteiger partial charge in [-0.3, -0.25) is 4.98 Å². The van der Waals surface area contributed by atoms with Crippen molar-refractivity contribution in [1.29, 1.82) is 0 Å². The molecule has 1 fully saturated rings. The standard InChI is InChI=1S/C18H28N2O/c1-19-17(18(21-2)14-7-4-3-5-8-14)15-11-10-13-9-6-12-20-16(13)15/h6,9,12,14-15,17-19H,3-5,7-8,10-11H2,1-2H3. The maximum absolute atomic E-state index is 5.98. The zero-order valence-corrected chi connectivity index (χ0v) is 13.3. The van der Waals surface area contributed by atoms with Crippen molar-refractivity contribution in [3.05, 3.63) is 29.6 Å². The van der Waals surface area contributed by atoms with Crippen LogP contribution in [0.5, 0.6) is 0 Å². The van der Waals surface area contributed by atoms with E-state index in [1.807, 2.05) is 13.3 Å². The number of fused-ring (bicyclic) bond motifs is 1. The maximum atomic E-state index is 5.98. The van der Waals surface area contributed by atoms with Gasteiger partial charge in [0, 0.05) is 31.0 Å². The molecule has 0 saturated heterocycles. The Kier molecular flexibility index (Phi) is 4.91. The molecule has 3 nitrogen and oxygen atoms in total. The van der Waals surface area contributed by atoms with E-state index in [1.54, 1.807) is 0 Å². The quantitative estimate of drug-likeness (QED) is 0.902. The van der Waals surface area contributed by atoms with Gasteiger partial charge in [0.2, 0.25) is 0 Å². The van der Waals surface area contributed by atoms with Crippen LogP contribution in [0.1, 0.15) is 55.7 Å². The molecule has 3 heteroatoms. The Labute approximate surface area is 128 Å². The van der Waals surface area contributed by atoms with Gasteiger partial charge in [0.15, 0.2) is 0 Å². The van der Waals surface area contributed by atoms with Crippen molar-refractivity contribution in [3.8, 4) is 0 Å². The first-order valence-electron chi connectivity index (χ1n) is 8.49. The fourth-order valence-corrected chi connectivity index (χ4v) is 4.48. The number of hydrogen-bond donors (Lipinski definition) is 1. The van der Waals surface area contributed by atoms with E-state index in [2.05, 4.69) is 29.5 Å². The zero-order chi connectivity index (χ0) is 14.7. The monoisotopic (exact) mass is 288 g/mol. The van der Waals surface area contributed by atoms with Gasteiger partial charge in [-0.1, -0.05) is 25.3 Å². The van der Waals surface area contributed by atoms with Crippen molar-refractivity contribution in [3.63, 3.8) is 0 Å². The predicted octanol–water partition coefficient (Wildman–Crippen LogP) is 3.29. The topological polar surface area (TPSA) is 34.2 Å². The summed E-state index contributed by atoms with van der Waals surface area (Å²) in [6, 6.07) is 4.68. The molecule has 21 heavy (non-hydrogen) atoms. The largest absolute Gasteiger partial charge is 0.380 e. The predicted molar refractivity (Wildman–Crippen MR) is 85.5 cm³/mol. The Hall–Kier alpha value is -0.930. The molecule has 2 aliphatic carbocycles. The summed E-state index contributed by atoms with van der Waals surface area (Å²) < 4.78 is 5.98. The molecule has 1 N–H and O–H groups in total. The average molecular weight is 288 g/mol. The van der Waals surface area contributed by atoms with Gasteiger partial charge in [-0.25, -0.2) is 0 Å². The number of ether oxygens (including phenoxy) is 1. The molecule has 3 rings (SSSR count). The molecule has 0 spiro atoms. The Morgan fingerprint density at radius 3 is 2.76 bits per heavy atom. The number of pyridine rings is 1. The average Bonchev–Trinajstić information content (AvgIpc) is 2.97. The number of nitrogens with one attached hydrogen (secondary N) is 1. The van der Waals surface area contributed by atoms with E-state index in [4.69, 9.17) is 4.74 Å². The van der Waals surface area contributed by atoms with Gasteiger partial charge < -0.3 is 10.1 Å². The van der Waals surface area contributed by atoms with Crippen molar-refractivity contribution in [1.82, 2.24) is 10.3 Å². The number of methoxy groups -OCH3 is 1. The molecule has 3 unspecified atom stereocenters. The highest BCUT2D eigenvalue weighted by Crippen LogP contribution is 2.39. The van der Waals surface area contributed by atoms with Crippen molar-refractivity contribution in [2.24, 2.45) is 5.92 Å². The first kappa shape index (κ1) is 15.0. The summed E-state index contributed by atoms with van der Waals surface area (Å²) in [6.45, 7) is 0. The highest BCUT2D eigenvalue weighted by molar-refractivity contribution is 5.30. The Balaban J connectivity index is 1.80. The van der Waals surface area contributed by atoms with Gasteiger partial charge in [0.25, 0.3) is 0 Å². The van der Waals surface area contributed by atoms with E-state index < -0.39 is 0 Å². The van der Waals surface area contributed by atoms with Gasteiger partial charge in [-0.15, -0.1) is 0 Å². The van der Waals surface area contributed by atoms with E-state index in [-0.39, 0.29) is 0 Å². The third kappa shape index (κ3) is 3.00. The van der Waals surface area contributed by atoms with Crippen LogP contribution < -0.4 is 5.32 Å². The Bertz CT molecular complexity index is 456. The van der Waals surface area contributed by atoms with Gasteiger partial charge >= 0.3 is 0 Å². The normalized spacial score (nSPS) is 25.5. The maximum Gasteiger partial charge on any atom is 0.0758 e. The second-order valence-corrected chi connectivity index (χ2v) is 6.61. The number of hydrogen-bond acceptors (Lipinski definition) is 3. The van der Waals surface area contributed by atoms with Crippen LogP contribution in [0.15, 0.2) is 18.3 Å². The smallest absolute Gasteiger partial charge is 0.0758 e. The molecular weight excluding hydrogens is 260 g/mol. The summed E-state index contributed by atoms with van der Waals surface area (Å²) in [5, 5.41) is 3.57. The number of rotatable bonds is 5. The van der Waals surface area contributed by atoms with E-state index in [0.29, 0.717) is 24.0 Å². The number of aryl methyl sites for hydroxylation is 1. The molecule has 0 bridgehead atoms. The van der Waals surface area contributed by atoms with Crippen LogP contribution >= 0.6 is 0 Å². The Morgan fingerprint density at radius 1 is 1.24 bits per heavy atom. The molecule has 0 amide bonds. The van der Waals surface area contributed by atoms with E-state index in [1.165, 1.54) is 49.8 Å². The van der Waals surface area contributed by atoms with Crippen molar-refractivity contribution < 1.29 is 4.74 Å². The molecule has 116 valence electrons. The third-order valence-electron chi connectivity index (χ3n) is 5.51. The van der Waals surface area contributed by atoms with Crippen LogP contribution in [0.25, 0.3) is 0 Å². The zero-order valence-electron chi connectivity index (χ0n) is 13.3. The molecule has 1 heterocycles. The summed E-state index contributed by atoms with van der Waals surface area (Å²) in [7, 11) is 3.97. The lowest BCUT2D eigenvalue weighted by atomic mass is 9.78. The van der Waals surface area contributed by atoms with E-state index >= 15 is 0 Å². The van der Waals surface area contributed by atoms with Crippen LogP contribution in [0.4, 0.5) is 0 Å². The number of nitrogens with zero attached hydrogens (tertiary/aromatic N) is 1. The van der Waals surface area contributed by atoms with Crippen LogP contribution in [-0.4, -0.2) is 31.3 Å². The summed E-state index contributed by atoms with van der Waals surface area (Å²) in [5.74, 6) is 1.20. The highest BCUT2D eigenvalue weighted by atomic mass is 16.5. The van der Waals surface area contributed by atoms with Crippen LogP contribution in [0.2, 0.25) is 0 Å². The summed E-state index contributed by atoms with van der Waals surface area (Å²) in [4.78, 5) is 4.68. The second-order valence-electron chi connectivity index (χ2n) is 6.61. The lowest BCUT2D eigenvalue weighted by molar-refractivity contribution is 0.00274. The summed E-state index contributed by atoms with van der Waals surface area (Å²) >= 11 is 0. The van der Waals surface area contributed by atoms with Gasteiger partial charge in [-0.05, 0) is 50.3 Å². The molecule has 1 saturated carbocycles. The number of likely N-dealkylation sites (N-methyl/N-ethyl adjacent to an activating group) is 1. The SMILES string of the molecule is CNC(C1CCc2cccnc21)C(OC)C1CCCCC1. The first-order valence-corrected chi connectivity index (χ1v) is 8.49. The Morgan fingerprint density at radius 2 is 2.05 bits per heavy atom. The minimum atomic E-state index is 0.313. The van der Waals surface area contributed by atoms with Gasteiger partial charge in [-0.2, -0.15) is 0 Å². The van der Waals surface area contributed by atoms with E-state index in [9.17, 15) is 0 Å². The number of aromatic nitrogens is 1. The fourth-order valence-electron chi connectivity index (χ4n) is 4.48. The summed E-state index contributed by atoms with van der Waals surface area (Å²) in [5.41, 5.74) is 2.73. The minimum Gasteiger partial charge on any atom is -0.380 e. The van der Waals surface area contributed by atoms with Crippen LogP contribution in [0.3, 0.4) is 0 Å². The first-order chi connectivity index (χ1) is 10.3. The lowest BCUT2D eigenvalue weighted by Gasteiger charge is -2.37. The minimum absolute atomic E-state index is 0.313. The van der Waals surface area contributed by atoms with Crippen molar-refractivity contribution in [2.75, 3.05) is 14.2 Å². The van der Waals surface area contributed by atoms with Gasteiger partial charge in [0.05, 0.1) is 6.10 Å². The molecular formula is C18H28N2O. The summed E-state index contributed by atoms with van der Waals surface area (Å²) in [6.07, 6.45) is 11.4. The van der Waals surface area contributed by atoms with Crippen molar-refractivity contribution >= 4 is 0 Å². The van der Waals surface area contributed by atoms with Crippen molar-refractivity contribution in [2.45, 2.75) is 63.0 Å². The molecule has 1 aromatic rings. The van der Waals surface area contributed by atoms with E-state index in [0.717, 1.165) is 6.42 Å². The fraction of sp³-hybridized carbons (Fsp3) is 0.722. The second kappa shape index (κ2) is 6.89. The molecule has 2 aliphatic rings.